The van der Waals surface area contributed by atoms with Crippen molar-refractivity contribution in [2.24, 2.45) is 14.1 Å². The second kappa shape index (κ2) is 3.56. The third kappa shape index (κ3) is 1.88. The second-order valence-corrected chi connectivity index (χ2v) is 3.22. The highest BCUT2D eigenvalue weighted by Gasteiger charge is 2.09. The predicted octanol–water partition coefficient (Wildman–Crippen LogP) is 0.406. The van der Waals surface area contributed by atoms with Crippen LogP contribution in [-0.4, -0.2) is 25.2 Å². The number of aromatic nitrogens is 4. The summed E-state index contributed by atoms with van der Waals surface area (Å²) < 4.78 is 3.31. The molecule has 15 heavy (non-hydrogen) atoms. The molecular weight excluding hydrogens is 194 g/mol. The van der Waals surface area contributed by atoms with E-state index in [2.05, 4.69) is 15.4 Å². The summed E-state index contributed by atoms with van der Waals surface area (Å²) >= 11 is 0. The van der Waals surface area contributed by atoms with Crippen molar-refractivity contribution in [3.8, 4) is 0 Å². The molecule has 0 aliphatic carbocycles. The van der Waals surface area contributed by atoms with Crippen LogP contribution in [0.4, 0.5) is 5.95 Å². The third-order valence-electron chi connectivity index (χ3n) is 2.01. The number of hydrogen-bond acceptors (Lipinski definition) is 3. The van der Waals surface area contributed by atoms with Gasteiger partial charge in [0.15, 0.2) is 0 Å². The summed E-state index contributed by atoms with van der Waals surface area (Å²) in [5, 5.41) is 6.60. The molecule has 2 aromatic rings. The molecule has 0 bridgehead atoms. The van der Waals surface area contributed by atoms with E-state index in [1.165, 1.54) is 6.20 Å². The number of anilines is 1. The van der Waals surface area contributed by atoms with Gasteiger partial charge in [0.1, 0.15) is 0 Å². The highest BCUT2D eigenvalue weighted by atomic mass is 16.1. The first-order valence-corrected chi connectivity index (χ1v) is 4.44. The smallest absolute Gasteiger partial charge is 0.261 e. The van der Waals surface area contributed by atoms with Crippen molar-refractivity contribution in [2.75, 3.05) is 5.32 Å². The zero-order valence-corrected chi connectivity index (χ0v) is 8.51. The van der Waals surface area contributed by atoms with Crippen molar-refractivity contribution in [2.45, 2.75) is 0 Å². The number of aryl methyl sites for hydroxylation is 2. The third-order valence-corrected chi connectivity index (χ3v) is 2.01. The average Bonchev–Trinajstić information content (AvgIpc) is 2.77. The molecule has 0 saturated heterocycles. The summed E-state index contributed by atoms with van der Waals surface area (Å²) in [6, 6.07) is 0. The Hall–Kier alpha value is -2.11. The van der Waals surface area contributed by atoms with Gasteiger partial charge < -0.3 is 4.57 Å². The highest BCUT2D eigenvalue weighted by molar-refractivity contribution is 6.03. The molecule has 0 saturated carbocycles. The Bertz CT molecular complexity index is 484. The van der Waals surface area contributed by atoms with Crippen molar-refractivity contribution in [1.82, 2.24) is 19.3 Å². The van der Waals surface area contributed by atoms with Crippen molar-refractivity contribution in [3.05, 3.63) is 30.4 Å². The van der Waals surface area contributed by atoms with Crippen molar-refractivity contribution < 1.29 is 4.79 Å². The standard InChI is InChI=1S/C9H11N5O/c1-13-4-3-10-9(13)12-8(15)7-5-11-14(2)6-7/h3-6H,1-2H3,(H,10,12,15). The van der Waals surface area contributed by atoms with Gasteiger partial charge in [0.2, 0.25) is 5.95 Å². The molecule has 0 spiro atoms. The van der Waals surface area contributed by atoms with Crippen LogP contribution in [0.2, 0.25) is 0 Å². The summed E-state index contributed by atoms with van der Waals surface area (Å²) in [6.45, 7) is 0. The van der Waals surface area contributed by atoms with E-state index in [4.69, 9.17) is 0 Å². The summed E-state index contributed by atoms with van der Waals surface area (Å²) in [5.41, 5.74) is 0.514. The number of nitrogens with one attached hydrogen (secondary N) is 1. The van der Waals surface area contributed by atoms with Crippen molar-refractivity contribution in [1.29, 1.82) is 0 Å². The lowest BCUT2D eigenvalue weighted by Gasteiger charge is -2.01. The summed E-state index contributed by atoms with van der Waals surface area (Å²) in [5.74, 6) is 0.307. The zero-order chi connectivity index (χ0) is 10.8. The molecule has 0 radical (unpaired) electrons. The van der Waals surface area contributed by atoms with Gasteiger partial charge in [0.05, 0.1) is 11.8 Å². The molecule has 6 heteroatoms. The minimum Gasteiger partial charge on any atom is -0.320 e. The number of carbonyl (C=O) groups excluding carboxylic acids is 1. The SMILES string of the molecule is Cn1cc(C(=O)Nc2nccn2C)cn1. The molecule has 1 amide bonds. The molecule has 78 valence electrons. The van der Waals surface area contributed by atoms with Crippen LogP contribution >= 0.6 is 0 Å². The summed E-state index contributed by atoms with van der Waals surface area (Å²) in [6.07, 6.45) is 6.55. The number of rotatable bonds is 2. The van der Waals surface area contributed by atoms with Crippen molar-refractivity contribution >= 4 is 11.9 Å². The van der Waals surface area contributed by atoms with Crippen LogP contribution in [-0.2, 0) is 14.1 Å². The van der Waals surface area contributed by atoms with Crippen LogP contribution in [0.15, 0.2) is 24.8 Å². The highest BCUT2D eigenvalue weighted by Crippen LogP contribution is 2.04. The number of nitrogens with zero attached hydrogens (tertiary/aromatic N) is 4. The van der Waals surface area contributed by atoms with Gasteiger partial charge in [-0.05, 0) is 0 Å². The lowest BCUT2D eigenvalue weighted by atomic mass is 10.3. The first-order chi connectivity index (χ1) is 7.16. The van der Waals surface area contributed by atoms with E-state index in [1.54, 1.807) is 34.9 Å². The van der Waals surface area contributed by atoms with Gasteiger partial charge in [-0.1, -0.05) is 0 Å². The quantitative estimate of drug-likeness (QED) is 0.772. The van der Waals surface area contributed by atoms with E-state index in [1.807, 2.05) is 7.05 Å². The Balaban J connectivity index is 2.14. The van der Waals surface area contributed by atoms with Crippen LogP contribution in [0, 0.1) is 0 Å². The van der Waals surface area contributed by atoms with Gasteiger partial charge >= 0.3 is 0 Å². The largest absolute Gasteiger partial charge is 0.320 e. The van der Waals surface area contributed by atoms with E-state index in [0.29, 0.717) is 11.5 Å². The molecule has 1 N–H and O–H groups in total. The number of carbonyl (C=O) groups is 1. The van der Waals surface area contributed by atoms with Gasteiger partial charge in [0, 0.05) is 32.7 Å². The molecule has 2 aromatic heterocycles. The van der Waals surface area contributed by atoms with Crippen LogP contribution in [0.1, 0.15) is 10.4 Å². The fraction of sp³-hybridized carbons (Fsp3) is 0.222. The number of imidazole rings is 1. The Kier molecular flexibility index (Phi) is 2.24. The fourth-order valence-corrected chi connectivity index (χ4v) is 1.20. The van der Waals surface area contributed by atoms with E-state index in [9.17, 15) is 4.79 Å². The first-order valence-electron chi connectivity index (χ1n) is 4.44. The van der Waals surface area contributed by atoms with Gasteiger partial charge in [-0.25, -0.2) is 4.98 Å². The molecule has 2 heterocycles. The summed E-state index contributed by atoms with van der Waals surface area (Å²) in [4.78, 5) is 15.7. The maximum atomic E-state index is 11.7. The predicted molar refractivity (Wildman–Crippen MR) is 54.4 cm³/mol. The maximum Gasteiger partial charge on any atom is 0.261 e. The topological polar surface area (TPSA) is 64.7 Å². The van der Waals surface area contributed by atoms with E-state index in [-0.39, 0.29) is 5.91 Å². The number of hydrogen-bond donors (Lipinski definition) is 1. The van der Waals surface area contributed by atoms with Crippen molar-refractivity contribution in [3.63, 3.8) is 0 Å². The molecule has 0 unspecified atom stereocenters. The molecule has 6 nitrogen and oxygen atoms in total. The number of amides is 1. The average molecular weight is 205 g/mol. The molecule has 0 aromatic carbocycles. The van der Waals surface area contributed by atoms with Gasteiger partial charge in [-0.2, -0.15) is 5.10 Å². The van der Waals surface area contributed by atoms with Crippen LogP contribution in [0.25, 0.3) is 0 Å². The minimum absolute atomic E-state index is 0.211. The normalized spacial score (nSPS) is 10.3. The monoisotopic (exact) mass is 205 g/mol. The van der Waals surface area contributed by atoms with Gasteiger partial charge in [0.25, 0.3) is 5.91 Å². The van der Waals surface area contributed by atoms with Crippen LogP contribution in [0.3, 0.4) is 0 Å². The molecular formula is C9H11N5O. The van der Waals surface area contributed by atoms with E-state index < -0.39 is 0 Å². The van der Waals surface area contributed by atoms with E-state index in [0.717, 1.165) is 0 Å². The Morgan fingerprint density at radius 2 is 2.27 bits per heavy atom. The Labute approximate surface area is 86.5 Å². The fourth-order valence-electron chi connectivity index (χ4n) is 1.20. The molecule has 2 rings (SSSR count). The van der Waals surface area contributed by atoms with E-state index >= 15 is 0 Å². The second-order valence-electron chi connectivity index (χ2n) is 3.22. The van der Waals surface area contributed by atoms with Gasteiger partial charge in [-0.15, -0.1) is 0 Å². The minimum atomic E-state index is -0.211. The zero-order valence-electron chi connectivity index (χ0n) is 8.51. The lowest BCUT2D eigenvalue weighted by Crippen LogP contribution is -2.14. The lowest BCUT2D eigenvalue weighted by molar-refractivity contribution is 0.102. The van der Waals surface area contributed by atoms with Crippen LogP contribution in [0.5, 0.6) is 0 Å². The molecule has 0 aliphatic rings. The molecule has 0 fully saturated rings. The Morgan fingerprint density at radius 1 is 1.47 bits per heavy atom. The molecule has 0 atom stereocenters. The van der Waals surface area contributed by atoms with Gasteiger partial charge in [-0.3, -0.25) is 14.8 Å². The summed E-state index contributed by atoms with van der Waals surface area (Å²) in [7, 11) is 3.57. The molecule has 0 aliphatic heterocycles. The Morgan fingerprint density at radius 3 is 2.80 bits per heavy atom. The first kappa shape index (κ1) is 9.45. The van der Waals surface area contributed by atoms with Crippen LogP contribution < -0.4 is 5.32 Å². The maximum absolute atomic E-state index is 11.7.